The van der Waals surface area contributed by atoms with Gasteiger partial charge in [-0.15, -0.1) is 0 Å². The standard InChI is InChI=1S/C23H19N3O2/c24-22(27)19-10-11-21-18(14-19)12-13-26(21)15-16-6-8-17(9-7-16)23(28)25-20-4-2-1-3-5-20/h1-14H,15H2,(H2,24,27)(H,25,28). The Kier molecular flexibility index (Phi) is 4.64. The molecular formula is C23H19N3O2. The summed E-state index contributed by atoms with van der Waals surface area (Å²) in [5.41, 5.74) is 9.32. The molecule has 0 saturated heterocycles. The largest absolute Gasteiger partial charge is 0.366 e. The van der Waals surface area contributed by atoms with Gasteiger partial charge in [0.05, 0.1) is 0 Å². The van der Waals surface area contributed by atoms with Crippen LogP contribution in [0.3, 0.4) is 0 Å². The van der Waals surface area contributed by atoms with Crippen LogP contribution < -0.4 is 11.1 Å². The van der Waals surface area contributed by atoms with Gasteiger partial charge in [-0.3, -0.25) is 9.59 Å². The van der Waals surface area contributed by atoms with Crippen molar-refractivity contribution in [3.05, 3.63) is 102 Å². The zero-order valence-corrected chi connectivity index (χ0v) is 15.1. The second-order valence-electron chi connectivity index (χ2n) is 6.60. The summed E-state index contributed by atoms with van der Waals surface area (Å²) in [5, 5.41) is 3.85. The van der Waals surface area contributed by atoms with Gasteiger partial charge in [0.2, 0.25) is 5.91 Å². The number of nitrogens with two attached hydrogens (primary N) is 1. The molecule has 5 heteroatoms. The summed E-state index contributed by atoms with van der Waals surface area (Å²) in [6.07, 6.45) is 1.98. The van der Waals surface area contributed by atoms with Gasteiger partial charge in [-0.2, -0.15) is 0 Å². The Hall–Kier alpha value is -3.86. The third-order valence-electron chi connectivity index (χ3n) is 4.66. The molecule has 2 amide bonds. The quantitative estimate of drug-likeness (QED) is 0.557. The van der Waals surface area contributed by atoms with E-state index in [1.807, 2.05) is 72.9 Å². The van der Waals surface area contributed by atoms with Gasteiger partial charge >= 0.3 is 0 Å². The molecule has 4 rings (SSSR count). The molecular weight excluding hydrogens is 350 g/mol. The molecule has 0 radical (unpaired) electrons. The van der Waals surface area contributed by atoms with E-state index in [1.54, 1.807) is 12.1 Å². The Morgan fingerprint density at radius 1 is 0.857 bits per heavy atom. The number of anilines is 1. The number of para-hydroxylation sites is 1. The number of carbonyl (C=O) groups excluding carboxylic acids is 2. The first-order valence-corrected chi connectivity index (χ1v) is 8.94. The molecule has 1 heterocycles. The van der Waals surface area contributed by atoms with Crippen molar-refractivity contribution in [2.75, 3.05) is 5.32 Å². The van der Waals surface area contributed by atoms with Crippen LogP contribution in [0.1, 0.15) is 26.3 Å². The molecule has 0 saturated carbocycles. The minimum Gasteiger partial charge on any atom is -0.366 e. The first-order chi connectivity index (χ1) is 13.6. The number of primary amides is 1. The second-order valence-corrected chi connectivity index (χ2v) is 6.60. The number of nitrogens with zero attached hydrogens (tertiary/aromatic N) is 1. The van der Waals surface area contributed by atoms with Gasteiger partial charge in [0.25, 0.3) is 5.91 Å². The van der Waals surface area contributed by atoms with Crippen LogP contribution in [0, 0.1) is 0 Å². The van der Waals surface area contributed by atoms with Crippen LogP contribution in [-0.2, 0) is 6.54 Å². The summed E-state index contributed by atoms with van der Waals surface area (Å²) in [7, 11) is 0. The van der Waals surface area contributed by atoms with Crippen LogP contribution in [0.5, 0.6) is 0 Å². The highest BCUT2D eigenvalue weighted by Crippen LogP contribution is 2.19. The third-order valence-corrected chi connectivity index (χ3v) is 4.66. The number of hydrogen-bond acceptors (Lipinski definition) is 2. The molecule has 0 spiro atoms. The molecule has 0 fully saturated rings. The van der Waals surface area contributed by atoms with Crippen LogP contribution in [0.25, 0.3) is 10.9 Å². The predicted octanol–water partition coefficient (Wildman–Crippen LogP) is 4.04. The fourth-order valence-electron chi connectivity index (χ4n) is 3.17. The van der Waals surface area contributed by atoms with E-state index >= 15 is 0 Å². The number of rotatable bonds is 5. The first-order valence-electron chi connectivity index (χ1n) is 8.94. The molecule has 0 atom stereocenters. The lowest BCUT2D eigenvalue weighted by atomic mass is 10.1. The van der Waals surface area contributed by atoms with Crippen LogP contribution >= 0.6 is 0 Å². The van der Waals surface area contributed by atoms with Gasteiger partial charge < -0.3 is 15.6 Å². The Labute approximate surface area is 162 Å². The molecule has 1 aromatic heterocycles. The van der Waals surface area contributed by atoms with Crippen LogP contribution in [-0.4, -0.2) is 16.4 Å². The van der Waals surface area contributed by atoms with E-state index in [1.165, 1.54) is 0 Å². The lowest BCUT2D eigenvalue weighted by Gasteiger charge is -2.08. The fourth-order valence-corrected chi connectivity index (χ4v) is 3.17. The summed E-state index contributed by atoms with van der Waals surface area (Å²) >= 11 is 0. The zero-order chi connectivity index (χ0) is 19.5. The summed E-state index contributed by atoms with van der Waals surface area (Å²) in [5.74, 6) is -0.567. The lowest BCUT2D eigenvalue weighted by molar-refractivity contribution is 0.0997. The average Bonchev–Trinajstić information content (AvgIpc) is 3.11. The normalized spacial score (nSPS) is 10.7. The summed E-state index contributed by atoms with van der Waals surface area (Å²) < 4.78 is 2.10. The average molecular weight is 369 g/mol. The van der Waals surface area contributed by atoms with Crippen molar-refractivity contribution in [1.82, 2.24) is 4.57 Å². The molecule has 138 valence electrons. The molecule has 0 bridgehead atoms. The summed E-state index contributed by atoms with van der Waals surface area (Å²) in [6.45, 7) is 0.667. The molecule has 0 aliphatic heterocycles. The van der Waals surface area contributed by atoms with Crippen molar-refractivity contribution in [2.45, 2.75) is 6.54 Å². The van der Waals surface area contributed by atoms with Crippen molar-refractivity contribution in [2.24, 2.45) is 5.73 Å². The Balaban J connectivity index is 1.49. The number of benzene rings is 3. The van der Waals surface area contributed by atoms with Gasteiger partial charge in [-0.1, -0.05) is 30.3 Å². The van der Waals surface area contributed by atoms with Crippen LogP contribution in [0.15, 0.2) is 85.1 Å². The number of hydrogen-bond donors (Lipinski definition) is 2. The van der Waals surface area contributed by atoms with Crippen molar-refractivity contribution >= 4 is 28.4 Å². The van der Waals surface area contributed by atoms with E-state index < -0.39 is 5.91 Å². The van der Waals surface area contributed by atoms with E-state index in [0.717, 1.165) is 22.2 Å². The predicted molar refractivity (Wildman–Crippen MR) is 110 cm³/mol. The number of nitrogens with one attached hydrogen (secondary N) is 1. The maximum absolute atomic E-state index is 12.4. The Morgan fingerprint density at radius 3 is 2.29 bits per heavy atom. The highest BCUT2D eigenvalue weighted by atomic mass is 16.2. The molecule has 4 aromatic rings. The smallest absolute Gasteiger partial charge is 0.255 e. The molecule has 3 aromatic carbocycles. The lowest BCUT2D eigenvalue weighted by Crippen LogP contribution is -2.11. The molecule has 28 heavy (non-hydrogen) atoms. The second kappa shape index (κ2) is 7.40. The maximum atomic E-state index is 12.4. The molecule has 0 aliphatic carbocycles. The number of aromatic nitrogens is 1. The highest BCUT2D eigenvalue weighted by Gasteiger charge is 2.08. The van der Waals surface area contributed by atoms with Crippen molar-refractivity contribution < 1.29 is 9.59 Å². The van der Waals surface area contributed by atoms with Gasteiger partial charge in [0, 0.05) is 40.5 Å². The zero-order valence-electron chi connectivity index (χ0n) is 15.1. The monoisotopic (exact) mass is 369 g/mol. The van der Waals surface area contributed by atoms with Gasteiger partial charge in [-0.05, 0) is 54.1 Å². The summed E-state index contributed by atoms with van der Waals surface area (Å²) in [4.78, 5) is 23.7. The number of fused-ring (bicyclic) bond motifs is 1. The van der Waals surface area contributed by atoms with Crippen molar-refractivity contribution in [3.8, 4) is 0 Å². The number of amides is 2. The Morgan fingerprint density at radius 2 is 1.57 bits per heavy atom. The van der Waals surface area contributed by atoms with Crippen molar-refractivity contribution in [3.63, 3.8) is 0 Å². The van der Waals surface area contributed by atoms with E-state index in [4.69, 9.17) is 5.73 Å². The highest BCUT2D eigenvalue weighted by molar-refractivity contribution is 6.04. The minimum absolute atomic E-state index is 0.136. The van der Waals surface area contributed by atoms with Gasteiger partial charge in [0.15, 0.2) is 0 Å². The van der Waals surface area contributed by atoms with E-state index in [-0.39, 0.29) is 5.91 Å². The van der Waals surface area contributed by atoms with Crippen LogP contribution in [0.4, 0.5) is 5.69 Å². The first kappa shape index (κ1) is 17.5. The van der Waals surface area contributed by atoms with E-state index in [9.17, 15) is 9.59 Å². The minimum atomic E-state index is -0.431. The van der Waals surface area contributed by atoms with E-state index in [0.29, 0.717) is 17.7 Å². The maximum Gasteiger partial charge on any atom is 0.255 e. The topological polar surface area (TPSA) is 77.1 Å². The SMILES string of the molecule is NC(=O)c1ccc2c(ccn2Cc2ccc(C(=O)Nc3ccccc3)cc2)c1. The molecule has 0 aliphatic rings. The third kappa shape index (κ3) is 3.64. The van der Waals surface area contributed by atoms with E-state index in [2.05, 4.69) is 9.88 Å². The molecule has 0 unspecified atom stereocenters. The van der Waals surface area contributed by atoms with Crippen molar-refractivity contribution in [1.29, 1.82) is 0 Å². The van der Waals surface area contributed by atoms with Gasteiger partial charge in [0.1, 0.15) is 0 Å². The number of carbonyl (C=O) groups is 2. The molecule has 5 nitrogen and oxygen atoms in total. The van der Waals surface area contributed by atoms with Gasteiger partial charge in [-0.25, -0.2) is 0 Å². The molecule has 3 N–H and O–H groups in total. The Bertz CT molecular complexity index is 1150. The fraction of sp³-hybridized carbons (Fsp3) is 0.0435. The summed E-state index contributed by atoms with van der Waals surface area (Å²) in [6, 6.07) is 24.3. The van der Waals surface area contributed by atoms with Crippen LogP contribution in [0.2, 0.25) is 0 Å².